The first-order valence-corrected chi connectivity index (χ1v) is 8.70. The van der Waals surface area contributed by atoms with E-state index >= 15 is 0 Å². The van der Waals surface area contributed by atoms with Crippen molar-refractivity contribution in [2.45, 2.75) is 26.2 Å². The van der Waals surface area contributed by atoms with Gasteiger partial charge in [-0.25, -0.2) is 9.97 Å². The Kier molecular flexibility index (Phi) is 5.38. The Balaban J connectivity index is 1.84. The molecule has 0 saturated carbocycles. The minimum atomic E-state index is -0.315. The van der Waals surface area contributed by atoms with Gasteiger partial charge in [0.1, 0.15) is 11.4 Å². The van der Waals surface area contributed by atoms with Crippen molar-refractivity contribution in [1.82, 2.24) is 9.97 Å². The lowest BCUT2D eigenvalue weighted by Crippen LogP contribution is -2.31. The molecule has 25 heavy (non-hydrogen) atoms. The van der Waals surface area contributed by atoms with Crippen molar-refractivity contribution in [3.05, 3.63) is 40.7 Å². The number of aryl methyl sites for hydroxylation is 1. The van der Waals surface area contributed by atoms with E-state index in [1.54, 1.807) is 31.4 Å². The monoisotopic (exact) mass is 360 g/mol. The first-order valence-electron chi connectivity index (χ1n) is 8.32. The normalized spacial score (nSPS) is 14.3. The van der Waals surface area contributed by atoms with E-state index in [9.17, 15) is 4.79 Å². The summed E-state index contributed by atoms with van der Waals surface area (Å²) >= 11 is 6.02. The van der Waals surface area contributed by atoms with Crippen LogP contribution in [-0.2, 0) is 0 Å². The summed E-state index contributed by atoms with van der Waals surface area (Å²) in [6, 6.07) is 6.75. The molecular formula is C18H21ClN4O2. The molecule has 0 spiro atoms. The predicted octanol–water partition coefficient (Wildman–Crippen LogP) is 3.69. The minimum absolute atomic E-state index is 0.315. The second-order valence-corrected chi connectivity index (χ2v) is 6.48. The van der Waals surface area contributed by atoms with Crippen molar-refractivity contribution in [3.8, 4) is 5.75 Å². The predicted molar refractivity (Wildman–Crippen MR) is 98.8 cm³/mol. The maximum absolute atomic E-state index is 12.7. The zero-order valence-electron chi connectivity index (χ0n) is 14.4. The highest BCUT2D eigenvalue weighted by atomic mass is 35.5. The summed E-state index contributed by atoms with van der Waals surface area (Å²) in [6.45, 7) is 3.71. The molecule has 2 heterocycles. The van der Waals surface area contributed by atoms with Crippen LogP contribution in [0.3, 0.4) is 0 Å². The highest BCUT2D eigenvalue weighted by Crippen LogP contribution is 2.28. The second kappa shape index (κ2) is 7.70. The molecule has 1 aromatic heterocycles. The number of carbonyl (C=O) groups excluding carboxylic acids is 1. The van der Waals surface area contributed by atoms with Gasteiger partial charge in [-0.3, -0.25) is 4.79 Å². The van der Waals surface area contributed by atoms with E-state index in [4.69, 9.17) is 16.3 Å². The van der Waals surface area contributed by atoms with Crippen molar-refractivity contribution in [3.63, 3.8) is 0 Å². The van der Waals surface area contributed by atoms with Gasteiger partial charge in [0.05, 0.1) is 12.8 Å². The van der Waals surface area contributed by atoms with Gasteiger partial charge in [-0.05, 0) is 50.5 Å². The van der Waals surface area contributed by atoms with E-state index in [0.29, 0.717) is 28.1 Å². The summed E-state index contributed by atoms with van der Waals surface area (Å²) in [6.07, 6.45) is 3.47. The summed E-state index contributed by atoms with van der Waals surface area (Å²) < 4.78 is 5.27. The Bertz CT molecular complexity index is 776. The number of ether oxygens (including phenoxy) is 1. The number of methoxy groups -OCH3 is 1. The quantitative estimate of drug-likeness (QED) is 0.900. The topological polar surface area (TPSA) is 67.3 Å². The number of piperidine rings is 1. The average Bonchev–Trinajstić information content (AvgIpc) is 2.62. The third-order valence-corrected chi connectivity index (χ3v) is 4.36. The Hall–Kier alpha value is -2.34. The van der Waals surface area contributed by atoms with Crippen LogP contribution in [0.25, 0.3) is 0 Å². The maximum atomic E-state index is 12.7. The molecule has 1 N–H and O–H groups in total. The molecule has 0 unspecified atom stereocenters. The molecule has 1 saturated heterocycles. The summed E-state index contributed by atoms with van der Waals surface area (Å²) in [4.78, 5) is 23.7. The number of amides is 1. The molecule has 0 aliphatic carbocycles. The fourth-order valence-corrected chi connectivity index (χ4v) is 3.04. The average molecular weight is 361 g/mol. The number of carbonyl (C=O) groups is 1. The van der Waals surface area contributed by atoms with Crippen LogP contribution in [0.2, 0.25) is 5.02 Å². The molecule has 7 heteroatoms. The summed E-state index contributed by atoms with van der Waals surface area (Å²) in [7, 11) is 1.54. The van der Waals surface area contributed by atoms with Gasteiger partial charge in [0.25, 0.3) is 5.91 Å². The van der Waals surface area contributed by atoms with Gasteiger partial charge in [0.15, 0.2) is 0 Å². The number of nitrogens with zero attached hydrogens (tertiary/aromatic N) is 3. The van der Waals surface area contributed by atoms with E-state index in [1.807, 2.05) is 6.92 Å². The standard InChI is InChI=1S/C18H21ClN4O2/c1-12-10-15(22-18(20-12)23-8-4-3-5-9-23)17(24)21-14-11-13(19)6-7-16(14)25-2/h6-7,10-11H,3-5,8-9H2,1-2H3,(H,21,24). The van der Waals surface area contributed by atoms with Gasteiger partial charge in [-0.1, -0.05) is 11.6 Å². The van der Waals surface area contributed by atoms with Crippen LogP contribution in [0.4, 0.5) is 11.6 Å². The van der Waals surface area contributed by atoms with Gasteiger partial charge in [-0.2, -0.15) is 0 Å². The Morgan fingerprint density at radius 1 is 1.20 bits per heavy atom. The molecule has 6 nitrogen and oxygen atoms in total. The number of benzene rings is 1. The molecule has 132 valence electrons. The highest BCUT2D eigenvalue weighted by molar-refractivity contribution is 6.31. The van der Waals surface area contributed by atoms with Crippen LogP contribution in [0, 0.1) is 6.92 Å². The van der Waals surface area contributed by atoms with Crippen molar-refractivity contribution >= 4 is 29.1 Å². The summed E-state index contributed by atoms with van der Waals surface area (Å²) in [5.74, 6) is 0.840. The van der Waals surface area contributed by atoms with Gasteiger partial charge in [0, 0.05) is 23.8 Å². The van der Waals surface area contributed by atoms with Gasteiger partial charge in [0.2, 0.25) is 5.95 Å². The fraction of sp³-hybridized carbons (Fsp3) is 0.389. The number of hydrogen-bond acceptors (Lipinski definition) is 5. The SMILES string of the molecule is COc1ccc(Cl)cc1NC(=O)c1cc(C)nc(N2CCCCC2)n1. The van der Waals surface area contributed by atoms with Gasteiger partial charge < -0.3 is 15.0 Å². The zero-order valence-corrected chi connectivity index (χ0v) is 15.1. The molecule has 1 amide bonds. The number of hydrogen-bond donors (Lipinski definition) is 1. The van der Waals surface area contributed by atoms with E-state index < -0.39 is 0 Å². The van der Waals surface area contributed by atoms with E-state index in [0.717, 1.165) is 31.6 Å². The molecule has 1 fully saturated rings. The van der Waals surface area contributed by atoms with Crippen LogP contribution in [0.1, 0.15) is 35.4 Å². The van der Waals surface area contributed by atoms with E-state index in [-0.39, 0.29) is 5.91 Å². The van der Waals surface area contributed by atoms with E-state index in [2.05, 4.69) is 20.2 Å². The minimum Gasteiger partial charge on any atom is -0.495 e. The summed E-state index contributed by atoms with van der Waals surface area (Å²) in [5, 5.41) is 3.34. The van der Waals surface area contributed by atoms with Crippen LogP contribution in [-0.4, -0.2) is 36.1 Å². The lowest BCUT2D eigenvalue weighted by atomic mass is 10.1. The lowest BCUT2D eigenvalue weighted by Gasteiger charge is -2.27. The first-order chi connectivity index (χ1) is 12.1. The zero-order chi connectivity index (χ0) is 17.8. The first kappa shape index (κ1) is 17.5. The smallest absolute Gasteiger partial charge is 0.274 e. The number of nitrogens with one attached hydrogen (secondary N) is 1. The van der Waals surface area contributed by atoms with Crippen LogP contribution < -0.4 is 15.0 Å². The molecule has 0 bridgehead atoms. The molecule has 2 aromatic rings. The highest BCUT2D eigenvalue weighted by Gasteiger charge is 2.18. The Morgan fingerprint density at radius 2 is 1.96 bits per heavy atom. The number of halogens is 1. The largest absolute Gasteiger partial charge is 0.495 e. The molecule has 1 aromatic carbocycles. The maximum Gasteiger partial charge on any atom is 0.274 e. The van der Waals surface area contributed by atoms with Crippen molar-refractivity contribution < 1.29 is 9.53 Å². The van der Waals surface area contributed by atoms with Gasteiger partial charge in [-0.15, -0.1) is 0 Å². The fourth-order valence-electron chi connectivity index (χ4n) is 2.87. The van der Waals surface area contributed by atoms with Crippen LogP contribution in [0.15, 0.2) is 24.3 Å². The molecule has 3 rings (SSSR count). The summed E-state index contributed by atoms with van der Waals surface area (Å²) in [5.41, 5.74) is 1.60. The molecule has 1 aliphatic rings. The van der Waals surface area contributed by atoms with Crippen molar-refractivity contribution in [2.75, 3.05) is 30.4 Å². The second-order valence-electron chi connectivity index (χ2n) is 6.04. The number of anilines is 2. The van der Waals surface area contributed by atoms with Crippen molar-refractivity contribution in [2.24, 2.45) is 0 Å². The van der Waals surface area contributed by atoms with Gasteiger partial charge >= 0.3 is 0 Å². The molecule has 0 radical (unpaired) electrons. The molecule has 1 aliphatic heterocycles. The molecule has 0 atom stereocenters. The van der Waals surface area contributed by atoms with E-state index in [1.165, 1.54) is 6.42 Å². The number of aromatic nitrogens is 2. The van der Waals surface area contributed by atoms with Crippen LogP contribution in [0.5, 0.6) is 5.75 Å². The third-order valence-electron chi connectivity index (χ3n) is 4.12. The Morgan fingerprint density at radius 3 is 2.68 bits per heavy atom. The molecular weight excluding hydrogens is 340 g/mol. The van der Waals surface area contributed by atoms with Crippen LogP contribution >= 0.6 is 11.6 Å². The third kappa shape index (κ3) is 4.20. The Labute approximate surface area is 152 Å². The lowest BCUT2D eigenvalue weighted by molar-refractivity contribution is 0.102. The van der Waals surface area contributed by atoms with Crippen molar-refractivity contribution in [1.29, 1.82) is 0 Å². The number of rotatable bonds is 4.